The number of aryl methyl sites for hydroxylation is 2. The number of aliphatic imine (C=N–C) groups is 1. The van der Waals surface area contributed by atoms with Crippen LogP contribution in [0, 0.1) is 0 Å². The van der Waals surface area contributed by atoms with Gasteiger partial charge >= 0.3 is 0 Å². The summed E-state index contributed by atoms with van der Waals surface area (Å²) >= 11 is 0. The minimum atomic E-state index is 0.189. The van der Waals surface area contributed by atoms with Gasteiger partial charge in [-0.3, -0.25) is 10.1 Å². The highest BCUT2D eigenvalue weighted by molar-refractivity contribution is 5.80. The first-order chi connectivity index (χ1) is 14.2. The van der Waals surface area contributed by atoms with E-state index < -0.39 is 0 Å². The number of nitrogens with one attached hydrogen (secondary N) is 3. The molecule has 1 aliphatic rings. The van der Waals surface area contributed by atoms with Crippen LogP contribution in [-0.4, -0.2) is 28.2 Å². The predicted octanol–water partition coefficient (Wildman–Crippen LogP) is 3.78. The number of fused-ring (bicyclic) bond motifs is 1. The number of nitrogens with zero attached hydrogens (tertiary/aromatic N) is 3. The van der Waals surface area contributed by atoms with Gasteiger partial charge in [0.2, 0.25) is 0 Å². The van der Waals surface area contributed by atoms with E-state index in [0.29, 0.717) is 6.54 Å². The van der Waals surface area contributed by atoms with Crippen LogP contribution in [-0.2, 0) is 19.4 Å². The fraction of sp³-hybridized carbons (Fsp3) is 0.348. The summed E-state index contributed by atoms with van der Waals surface area (Å²) in [6.07, 6.45) is 6.55. The lowest BCUT2D eigenvalue weighted by Gasteiger charge is -2.21. The molecule has 2 aromatic carbocycles. The second-order valence-corrected chi connectivity index (χ2v) is 7.56. The van der Waals surface area contributed by atoms with Gasteiger partial charge in [0.25, 0.3) is 0 Å². The van der Waals surface area contributed by atoms with Crippen LogP contribution in [0.5, 0.6) is 0 Å². The summed E-state index contributed by atoms with van der Waals surface area (Å²) in [6.45, 7) is 2.86. The molecule has 0 bridgehead atoms. The van der Waals surface area contributed by atoms with Gasteiger partial charge in [-0.05, 0) is 60.9 Å². The molecular weight excluding hydrogens is 360 g/mol. The maximum Gasteiger partial charge on any atom is 0.191 e. The zero-order valence-electron chi connectivity index (χ0n) is 17.1. The van der Waals surface area contributed by atoms with E-state index in [4.69, 9.17) is 0 Å². The van der Waals surface area contributed by atoms with E-state index in [1.807, 2.05) is 12.1 Å². The highest BCUT2D eigenvalue weighted by Gasteiger charge is 2.13. The number of hydrogen-bond donors (Lipinski definition) is 3. The maximum atomic E-state index is 4.39. The first-order valence-corrected chi connectivity index (χ1v) is 10.3. The summed E-state index contributed by atoms with van der Waals surface area (Å²) < 4.78 is 0. The lowest BCUT2D eigenvalue weighted by molar-refractivity contribution is 0.665. The van der Waals surface area contributed by atoms with Crippen molar-refractivity contribution in [1.82, 2.24) is 25.8 Å². The first kappa shape index (κ1) is 19.2. The molecule has 0 fully saturated rings. The van der Waals surface area contributed by atoms with Gasteiger partial charge in [0, 0.05) is 19.2 Å². The van der Waals surface area contributed by atoms with Crippen LogP contribution in [0.15, 0.2) is 53.8 Å². The molecule has 3 aromatic rings. The first-order valence-electron chi connectivity index (χ1n) is 10.3. The summed E-state index contributed by atoms with van der Waals surface area (Å²) in [5.74, 6) is 1.57. The lowest BCUT2D eigenvalue weighted by Crippen LogP contribution is -2.38. The van der Waals surface area contributed by atoms with Gasteiger partial charge in [-0.15, -0.1) is 0 Å². The molecule has 1 aromatic heterocycles. The molecule has 1 aliphatic carbocycles. The van der Waals surface area contributed by atoms with Crippen molar-refractivity contribution in [3.63, 3.8) is 0 Å². The van der Waals surface area contributed by atoms with Gasteiger partial charge in [0.05, 0.1) is 6.04 Å². The molecule has 0 radical (unpaired) electrons. The number of H-pyrrole nitrogens is 1. The van der Waals surface area contributed by atoms with Crippen molar-refractivity contribution < 1.29 is 0 Å². The summed E-state index contributed by atoms with van der Waals surface area (Å²) in [5, 5.41) is 13.8. The maximum absolute atomic E-state index is 4.39. The SMILES string of the molecule is CN=C(NCc1cccc(-c2ncn[nH]2)c1)NC(C)c1ccc2c(c1)CCCC2. The third-order valence-electron chi connectivity index (χ3n) is 5.52. The fourth-order valence-corrected chi connectivity index (χ4v) is 3.86. The quantitative estimate of drug-likeness (QED) is 0.459. The molecule has 6 heteroatoms. The van der Waals surface area contributed by atoms with Crippen LogP contribution in [0.25, 0.3) is 11.4 Å². The number of benzene rings is 2. The topological polar surface area (TPSA) is 78.0 Å². The Hall–Kier alpha value is -3.15. The largest absolute Gasteiger partial charge is 0.352 e. The number of hydrogen-bond acceptors (Lipinski definition) is 3. The minimum Gasteiger partial charge on any atom is -0.352 e. The lowest BCUT2D eigenvalue weighted by atomic mass is 9.89. The Bertz CT molecular complexity index is 977. The molecule has 1 unspecified atom stereocenters. The average Bonchev–Trinajstić information content (AvgIpc) is 3.31. The van der Waals surface area contributed by atoms with Crippen LogP contribution in [0.1, 0.15) is 48.1 Å². The van der Waals surface area contributed by atoms with Gasteiger partial charge in [0.1, 0.15) is 6.33 Å². The Morgan fingerprint density at radius 3 is 2.79 bits per heavy atom. The molecule has 1 heterocycles. The summed E-state index contributed by atoms with van der Waals surface area (Å²) in [6, 6.07) is 15.3. The second-order valence-electron chi connectivity index (χ2n) is 7.56. The van der Waals surface area contributed by atoms with E-state index >= 15 is 0 Å². The van der Waals surface area contributed by atoms with E-state index in [1.54, 1.807) is 7.05 Å². The molecule has 1 atom stereocenters. The number of guanidine groups is 1. The van der Waals surface area contributed by atoms with E-state index in [0.717, 1.165) is 22.9 Å². The molecule has 6 nitrogen and oxygen atoms in total. The summed E-state index contributed by atoms with van der Waals surface area (Å²) in [5.41, 5.74) is 6.51. The molecule has 0 aliphatic heterocycles. The van der Waals surface area contributed by atoms with Crippen molar-refractivity contribution >= 4 is 5.96 Å². The van der Waals surface area contributed by atoms with Crippen molar-refractivity contribution in [1.29, 1.82) is 0 Å². The van der Waals surface area contributed by atoms with Crippen LogP contribution in [0.3, 0.4) is 0 Å². The summed E-state index contributed by atoms with van der Waals surface area (Å²) in [7, 11) is 1.81. The Labute approximate surface area is 171 Å². The average molecular weight is 389 g/mol. The highest BCUT2D eigenvalue weighted by Crippen LogP contribution is 2.24. The Morgan fingerprint density at radius 1 is 1.14 bits per heavy atom. The van der Waals surface area contributed by atoms with Gasteiger partial charge in [-0.25, -0.2) is 4.98 Å². The van der Waals surface area contributed by atoms with Crippen LogP contribution >= 0.6 is 0 Å². The molecule has 4 rings (SSSR count). The molecule has 3 N–H and O–H groups in total. The Morgan fingerprint density at radius 2 is 2.00 bits per heavy atom. The molecular formula is C23H28N6. The van der Waals surface area contributed by atoms with E-state index in [-0.39, 0.29) is 6.04 Å². The van der Waals surface area contributed by atoms with Crippen molar-refractivity contribution in [2.75, 3.05) is 7.05 Å². The monoisotopic (exact) mass is 388 g/mol. The standard InChI is InChI=1S/C23H28N6/c1-16(19-11-10-18-7-3-4-8-20(18)13-19)28-23(24-2)25-14-17-6-5-9-21(12-17)22-26-15-27-29-22/h5-6,9-13,15-16H,3-4,7-8,14H2,1-2H3,(H2,24,25,28)(H,26,27,29). The molecule has 0 amide bonds. The predicted molar refractivity (Wildman–Crippen MR) is 117 cm³/mol. The molecule has 29 heavy (non-hydrogen) atoms. The van der Waals surface area contributed by atoms with Crippen LogP contribution in [0.2, 0.25) is 0 Å². The fourth-order valence-electron chi connectivity index (χ4n) is 3.86. The zero-order valence-corrected chi connectivity index (χ0v) is 17.1. The normalized spacial score (nSPS) is 14.9. The highest BCUT2D eigenvalue weighted by atomic mass is 15.2. The third-order valence-corrected chi connectivity index (χ3v) is 5.52. The van der Waals surface area contributed by atoms with Crippen molar-refractivity contribution in [2.24, 2.45) is 4.99 Å². The van der Waals surface area contributed by atoms with Gasteiger partial charge in [0.15, 0.2) is 11.8 Å². The Kier molecular flexibility index (Phi) is 5.89. The van der Waals surface area contributed by atoms with Gasteiger partial charge in [-0.1, -0.05) is 36.4 Å². The van der Waals surface area contributed by atoms with E-state index in [1.165, 1.54) is 48.7 Å². The molecule has 150 valence electrons. The number of aromatic amines is 1. The molecule has 0 saturated carbocycles. The van der Waals surface area contributed by atoms with E-state index in [2.05, 4.69) is 68.1 Å². The van der Waals surface area contributed by atoms with Crippen molar-refractivity contribution in [3.05, 3.63) is 71.0 Å². The van der Waals surface area contributed by atoms with Crippen LogP contribution < -0.4 is 10.6 Å². The minimum absolute atomic E-state index is 0.189. The van der Waals surface area contributed by atoms with Crippen molar-refractivity contribution in [3.8, 4) is 11.4 Å². The van der Waals surface area contributed by atoms with Gasteiger partial charge < -0.3 is 10.6 Å². The second kappa shape index (κ2) is 8.90. The number of aromatic nitrogens is 3. The van der Waals surface area contributed by atoms with Crippen molar-refractivity contribution in [2.45, 2.75) is 45.2 Å². The van der Waals surface area contributed by atoms with Crippen LogP contribution in [0.4, 0.5) is 0 Å². The van der Waals surface area contributed by atoms with Gasteiger partial charge in [-0.2, -0.15) is 5.10 Å². The molecule has 0 saturated heterocycles. The zero-order chi connectivity index (χ0) is 20.1. The van der Waals surface area contributed by atoms with E-state index in [9.17, 15) is 0 Å². The summed E-state index contributed by atoms with van der Waals surface area (Å²) in [4.78, 5) is 8.61. The number of rotatable bonds is 5. The smallest absolute Gasteiger partial charge is 0.191 e. The Balaban J connectivity index is 1.38. The molecule has 0 spiro atoms. The third kappa shape index (κ3) is 4.65.